The van der Waals surface area contributed by atoms with Crippen LogP contribution in [0.3, 0.4) is 0 Å². The maximum absolute atomic E-state index is 12.3. The van der Waals surface area contributed by atoms with Crippen molar-refractivity contribution in [2.24, 2.45) is 0 Å². The van der Waals surface area contributed by atoms with Crippen molar-refractivity contribution in [2.45, 2.75) is 31.8 Å². The molecular formula is C17H19N3O3S2. The number of carbonyl (C=O) groups excluding carboxylic acids is 1. The van der Waals surface area contributed by atoms with Gasteiger partial charge < -0.3 is 5.32 Å². The Morgan fingerprint density at radius 3 is 2.64 bits per heavy atom. The van der Waals surface area contributed by atoms with Gasteiger partial charge in [0.25, 0.3) is 0 Å². The lowest BCUT2D eigenvalue weighted by molar-refractivity contribution is 0.251. The predicted octanol–water partition coefficient (Wildman–Crippen LogP) is 2.63. The van der Waals surface area contributed by atoms with E-state index in [0.717, 1.165) is 11.3 Å². The summed E-state index contributed by atoms with van der Waals surface area (Å²) < 4.78 is 23.7. The Morgan fingerprint density at radius 2 is 1.96 bits per heavy atom. The lowest BCUT2D eigenvalue weighted by atomic mass is 10.0. The second kappa shape index (κ2) is 5.81. The normalized spacial score (nSPS) is 24.6. The molecule has 8 heteroatoms. The SMILES string of the molecule is CC(C)c1ccc(-c2csc(N3C(=O)N[C@@H]4CS(=O)(=O)C[C@H]43)n2)cc1. The van der Waals surface area contributed by atoms with Crippen LogP contribution in [-0.2, 0) is 9.84 Å². The maximum Gasteiger partial charge on any atom is 0.324 e. The summed E-state index contributed by atoms with van der Waals surface area (Å²) in [5.41, 5.74) is 3.05. The van der Waals surface area contributed by atoms with Gasteiger partial charge in [0.2, 0.25) is 0 Å². The summed E-state index contributed by atoms with van der Waals surface area (Å²) in [6.45, 7) is 4.29. The van der Waals surface area contributed by atoms with Gasteiger partial charge in [-0.25, -0.2) is 18.2 Å². The molecule has 2 fully saturated rings. The number of aromatic nitrogens is 1. The predicted molar refractivity (Wildman–Crippen MR) is 98.9 cm³/mol. The number of anilines is 1. The number of benzene rings is 1. The molecule has 0 unspecified atom stereocenters. The number of nitrogens with zero attached hydrogens (tertiary/aromatic N) is 2. The number of carbonyl (C=O) groups is 1. The van der Waals surface area contributed by atoms with Crippen LogP contribution in [-0.4, -0.2) is 43.0 Å². The van der Waals surface area contributed by atoms with Gasteiger partial charge in [0.05, 0.1) is 29.3 Å². The van der Waals surface area contributed by atoms with Gasteiger partial charge in [0.15, 0.2) is 15.0 Å². The number of nitrogens with one attached hydrogen (secondary N) is 1. The van der Waals surface area contributed by atoms with Gasteiger partial charge in [-0.2, -0.15) is 0 Å². The van der Waals surface area contributed by atoms with Crippen LogP contribution >= 0.6 is 11.3 Å². The molecule has 0 bridgehead atoms. The summed E-state index contributed by atoms with van der Waals surface area (Å²) in [7, 11) is -3.11. The van der Waals surface area contributed by atoms with Crippen LogP contribution < -0.4 is 10.2 Å². The number of urea groups is 1. The van der Waals surface area contributed by atoms with Crippen molar-refractivity contribution in [1.82, 2.24) is 10.3 Å². The molecule has 0 saturated carbocycles. The molecule has 2 aromatic rings. The van der Waals surface area contributed by atoms with Gasteiger partial charge in [-0.15, -0.1) is 11.3 Å². The fraction of sp³-hybridized carbons (Fsp3) is 0.412. The molecule has 0 aliphatic carbocycles. The van der Waals surface area contributed by atoms with E-state index >= 15 is 0 Å². The van der Waals surface area contributed by atoms with E-state index in [1.165, 1.54) is 21.8 Å². The van der Waals surface area contributed by atoms with E-state index < -0.39 is 9.84 Å². The van der Waals surface area contributed by atoms with Crippen LogP contribution in [0.15, 0.2) is 29.6 Å². The molecule has 132 valence electrons. The average Bonchev–Trinajstić information content (AvgIpc) is 3.19. The Balaban J connectivity index is 1.62. The number of fused-ring (bicyclic) bond motifs is 1. The van der Waals surface area contributed by atoms with E-state index in [4.69, 9.17) is 0 Å². The third kappa shape index (κ3) is 2.93. The monoisotopic (exact) mass is 377 g/mol. The molecule has 25 heavy (non-hydrogen) atoms. The molecule has 0 spiro atoms. The van der Waals surface area contributed by atoms with Crippen LogP contribution in [0, 0.1) is 0 Å². The van der Waals surface area contributed by atoms with Crippen LogP contribution in [0.5, 0.6) is 0 Å². The summed E-state index contributed by atoms with van der Waals surface area (Å²) in [5.74, 6) is 0.470. The van der Waals surface area contributed by atoms with Gasteiger partial charge in [0.1, 0.15) is 0 Å². The van der Waals surface area contributed by atoms with E-state index in [1.54, 1.807) is 0 Å². The first-order valence-corrected chi connectivity index (χ1v) is 10.9. The lowest BCUT2D eigenvalue weighted by Gasteiger charge is -2.17. The zero-order valence-electron chi connectivity index (χ0n) is 14.0. The van der Waals surface area contributed by atoms with E-state index in [-0.39, 0.29) is 29.6 Å². The van der Waals surface area contributed by atoms with Crippen LogP contribution in [0.2, 0.25) is 0 Å². The van der Waals surface area contributed by atoms with Crippen molar-refractivity contribution in [2.75, 3.05) is 16.4 Å². The molecule has 0 radical (unpaired) electrons. The zero-order valence-corrected chi connectivity index (χ0v) is 15.6. The zero-order chi connectivity index (χ0) is 17.8. The standard InChI is InChI=1S/C17H19N3O3S2/c1-10(2)11-3-5-12(6-4-11)13-7-24-17(19-13)20-15-9-25(22,23)8-14(15)18-16(20)21/h3-7,10,14-15H,8-9H2,1-2H3,(H,18,21)/t14-,15-/m1/s1. The molecular weight excluding hydrogens is 358 g/mol. The molecule has 4 rings (SSSR count). The molecule has 2 aliphatic heterocycles. The minimum Gasteiger partial charge on any atom is -0.332 e. The minimum atomic E-state index is -3.11. The average molecular weight is 377 g/mol. The van der Waals surface area contributed by atoms with Crippen molar-refractivity contribution in [3.63, 3.8) is 0 Å². The van der Waals surface area contributed by atoms with Gasteiger partial charge in [-0.1, -0.05) is 38.1 Å². The Kier molecular flexibility index (Phi) is 3.84. The van der Waals surface area contributed by atoms with Crippen LogP contribution in [0.25, 0.3) is 11.3 Å². The second-order valence-corrected chi connectivity index (χ2v) is 9.85. The highest BCUT2D eigenvalue weighted by atomic mass is 32.2. The van der Waals surface area contributed by atoms with Crippen molar-refractivity contribution >= 4 is 32.3 Å². The Labute approximate surface area is 150 Å². The van der Waals surface area contributed by atoms with Crippen molar-refractivity contribution in [1.29, 1.82) is 0 Å². The van der Waals surface area contributed by atoms with Crippen molar-refractivity contribution in [3.8, 4) is 11.3 Å². The number of hydrogen-bond donors (Lipinski definition) is 1. The molecule has 1 aromatic heterocycles. The van der Waals surface area contributed by atoms with Crippen LogP contribution in [0.1, 0.15) is 25.3 Å². The summed E-state index contributed by atoms with van der Waals surface area (Å²) in [4.78, 5) is 18.3. The molecule has 2 atom stereocenters. The van der Waals surface area contributed by atoms with E-state index in [1.807, 2.05) is 17.5 Å². The van der Waals surface area contributed by atoms with Gasteiger partial charge in [-0.3, -0.25) is 4.90 Å². The van der Waals surface area contributed by atoms with Gasteiger partial charge >= 0.3 is 6.03 Å². The first-order chi connectivity index (χ1) is 11.8. The fourth-order valence-corrected chi connectivity index (χ4v) is 6.15. The minimum absolute atomic E-state index is 0.00555. The summed E-state index contributed by atoms with van der Waals surface area (Å²) in [5, 5.41) is 5.22. The van der Waals surface area contributed by atoms with Crippen LogP contribution in [0.4, 0.5) is 9.93 Å². The Hall–Kier alpha value is -1.93. The number of sulfone groups is 1. The third-order valence-electron chi connectivity index (χ3n) is 4.75. The Morgan fingerprint density at radius 1 is 1.24 bits per heavy atom. The maximum atomic E-state index is 12.3. The Bertz CT molecular complexity index is 919. The van der Waals surface area contributed by atoms with E-state index in [2.05, 4.69) is 36.3 Å². The third-order valence-corrected chi connectivity index (χ3v) is 7.31. The quantitative estimate of drug-likeness (QED) is 0.834. The largest absolute Gasteiger partial charge is 0.332 e. The topological polar surface area (TPSA) is 79.4 Å². The second-order valence-electron chi connectivity index (χ2n) is 6.86. The molecule has 2 aliphatic rings. The smallest absolute Gasteiger partial charge is 0.324 e. The molecule has 6 nitrogen and oxygen atoms in total. The highest BCUT2D eigenvalue weighted by Gasteiger charge is 2.50. The first-order valence-electron chi connectivity index (χ1n) is 8.20. The van der Waals surface area contributed by atoms with E-state index in [9.17, 15) is 13.2 Å². The molecule has 2 amide bonds. The molecule has 1 aromatic carbocycles. The van der Waals surface area contributed by atoms with Gasteiger partial charge in [0, 0.05) is 10.9 Å². The number of rotatable bonds is 3. The fourth-order valence-electron chi connectivity index (χ4n) is 3.38. The molecule has 3 heterocycles. The number of thiazole rings is 1. The highest BCUT2D eigenvalue weighted by molar-refractivity contribution is 7.91. The summed E-state index contributed by atoms with van der Waals surface area (Å²) in [6, 6.07) is 7.26. The highest BCUT2D eigenvalue weighted by Crippen LogP contribution is 2.34. The number of amides is 2. The molecule has 1 N–H and O–H groups in total. The van der Waals surface area contributed by atoms with Crippen molar-refractivity contribution in [3.05, 3.63) is 35.2 Å². The lowest BCUT2D eigenvalue weighted by Crippen LogP contribution is -2.36. The van der Waals surface area contributed by atoms with E-state index in [0.29, 0.717) is 11.0 Å². The van der Waals surface area contributed by atoms with Gasteiger partial charge in [-0.05, 0) is 11.5 Å². The first kappa shape index (κ1) is 16.5. The molecule has 2 saturated heterocycles. The summed E-state index contributed by atoms with van der Waals surface area (Å²) in [6.07, 6.45) is 0. The van der Waals surface area contributed by atoms with Crippen molar-refractivity contribution < 1.29 is 13.2 Å². The summed E-state index contributed by atoms with van der Waals surface area (Å²) >= 11 is 1.36. The number of hydrogen-bond acceptors (Lipinski definition) is 5.